The molecule has 1 aliphatic heterocycles. The Balaban J connectivity index is 1.55. The smallest absolute Gasteiger partial charge is 0.450 e. The average Bonchev–Trinajstić information content (AvgIpc) is 3.65. The van der Waals surface area contributed by atoms with Gasteiger partial charge in [0.05, 0.1) is 36.8 Å². The number of aliphatic hydroxyl groups is 1. The number of aromatic nitrogens is 3. The summed E-state index contributed by atoms with van der Waals surface area (Å²) in [6.45, 7) is 4.36. The van der Waals surface area contributed by atoms with Gasteiger partial charge in [0.25, 0.3) is 0 Å². The molecule has 5 atom stereocenters. The Hall–Kier alpha value is -1.06. The minimum absolute atomic E-state index is 0.0327. The van der Waals surface area contributed by atoms with Crippen molar-refractivity contribution in [1.82, 2.24) is 19.9 Å². The molecule has 0 aliphatic carbocycles. The minimum Gasteiger partial charge on any atom is -0.450 e. The molecule has 1 amide bonds. The van der Waals surface area contributed by atoms with Gasteiger partial charge >= 0.3 is 30.0 Å². The number of fused-ring (bicyclic) bond motifs is 1. The van der Waals surface area contributed by atoms with E-state index in [1.807, 2.05) is 6.26 Å². The number of alkyl carbamates (subject to hydrolysis) is 1. The maximum Gasteiger partial charge on any atom is 0.479 e. The summed E-state index contributed by atoms with van der Waals surface area (Å²) in [7, 11) is -8.37. The SMILES string of the molecule is CSSCO[C@H]1C[C@H](n2cc(C#CCNC(=O)OCCCCOCSSC(C)(C)CCO)c3c(N)ncnc32)O[C@@H]1COP(=O)(O)O[PH](=O)OP(=O)(O)O. The first-order valence-corrected chi connectivity index (χ1v) is 25.2. The maximum absolute atomic E-state index is 12.3. The molecule has 54 heavy (non-hydrogen) atoms. The number of nitrogens with zero attached hydrogens (tertiary/aromatic N) is 3. The number of phosphoric ester groups is 1. The Bertz CT molecular complexity index is 1700. The molecular formula is C27H44N5O15P3S4. The molecule has 0 saturated carbocycles. The van der Waals surface area contributed by atoms with Crippen molar-refractivity contribution in [2.75, 3.05) is 56.8 Å². The molecule has 0 bridgehead atoms. The van der Waals surface area contributed by atoms with E-state index >= 15 is 0 Å². The quantitative estimate of drug-likeness (QED) is 0.0275. The Kier molecular flexibility index (Phi) is 20.5. The van der Waals surface area contributed by atoms with Gasteiger partial charge in [-0.05, 0) is 39.4 Å². The number of carbonyl (C=O) groups is 1. The summed E-state index contributed by atoms with van der Waals surface area (Å²) in [5, 5.41) is 12.1. The lowest BCUT2D eigenvalue weighted by atomic mass is 10.1. The first-order valence-electron chi connectivity index (χ1n) is 15.9. The second kappa shape index (κ2) is 23.4. The lowest BCUT2D eigenvalue weighted by molar-refractivity contribution is -0.0518. The predicted octanol–water partition coefficient (Wildman–Crippen LogP) is 4.66. The fourth-order valence-corrected chi connectivity index (χ4v) is 10.1. The Morgan fingerprint density at radius 2 is 1.94 bits per heavy atom. The zero-order valence-corrected chi connectivity index (χ0v) is 35.4. The molecular weight excluding hydrogens is 856 g/mol. The van der Waals surface area contributed by atoms with Crippen LogP contribution in [0, 0.1) is 11.8 Å². The molecule has 0 aromatic carbocycles. The zero-order chi connectivity index (χ0) is 39.8. The second-order valence-electron chi connectivity index (χ2n) is 11.5. The van der Waals surface area contributed by atoms with Crippen molar-refractivity contribution in [3.63, 3.8) is 0 Å². The van der Waals surface area contributed by atoms with Gasteiger partial charge in [-0.3, -0.25) is 9.09 Å². The van der Waals surface area contributed by atoms with E-state index < -0.39 is 55.0 Å². The van der Waals surface area contributed by atoms with E-state index in [9.17, 15) is 23.4 Å². The van der Waals surface area contributed by atoms with Crippen molar-refractivity contribution in [3.8, 4) is 11.8 Å². The molecule has 20 nitrogen and oxygen atoms in total. The summed E-state index contributed by atoms with van der Waals surface area (Å²) in [4.78, 5) is 48.1. The van der Waals surface area contributed by atoms with Crippen LogP contribution in [0.4, 0.5) is 10.6 Å². The van der Waals surface area contributed by atoms with E-state index in [4.69, 9.17) is 44.1 Å². The van der Waals surface area contributed by atoms with Crippen LogP contribution in [0.5, 0.6) is 0 Å². The Morgan fingerprint density at radius 1 is 1.19 bits per heavy atom. The van der Waals surface area contributed by atoms with Crippen LogP contribution in [0.15, 0.2) is 12.5 Å². The number of hydrogen-bond donors (Lipinski definition) is 6. The maximum atomic E-state index is 12.3. The fraction of sp³-hybridized carbons (Fsp3) is 0.667. The zero-order valence-electron chi connectivity index (χ0n) is 29.4. The van der Waals surface area contributed by atoms with Crippen LogP contribution in [0.2, 0.25) is 0 Å². The summed E-state index contributed by atoms with van der Waals surface area (Å²) in [5.74, 6) is 6.69. The van der Waals surface area contributed by atoms with Crippen LogP contribution in [0.3, 0.4) is 0 Å². The van der Waals surface area contributed by atoms with Crippen molar-refractivity contribution in [3.05, 3.63) is 18.1 Å². The summed E-state index contributed by atoms with van der Waals surface area (Å²) in [6, 6.07) is 0. The molecule has 1 fully saturated rings. The molecule has 1 saturated heterocycles. The molecule has 0 radical (unpaired) electrons. The van der Waals surface area contributed by atoms with Gasteiger partial charge in [-0.2, -0.15) is 0 Å². The lowest BCUT2D eigenvalue weighted by Crippen LogP contribution is -2.28. The third-order valence-electron chi connectivity index (χ3n) is 6.95. The van der Waals surface area contributed by atoms with E-state index in [0.717, 1.165) is 0 Å². The van der Waals surface area contributed by atoms with Crippen LogP contribution in [-0.2, 0) is 45.8 Å². The molecule has 27 heteroatoms. The normalized spacial score (nSPS) is 19.3. The number of hydrogen-bond acceptors (Lipinski definition) is 19. The Morgan fingerprint density at radius 3 is 2.67 bits per heavy atom. The summed E-state index contributed by atoms with van der Waals surface area (Å²) >= 11 is 0. The topological polar surface area (TPSA) is 283 Å². The number of rotatable bonds is 24. The number of nitrogen functional groups attached to an aromatic ring is 1. The molecule has 2 aromatic rings. The third-order valence-corrected chi connectivity index (χ3v) is 15.0. The number of ether oxygens (including phenoxy) is 4. The molecule has 2 aromatic heterocycles. The van der Waals surface area contributed by atoms with Crippen LogP contribution in [0.25, 0.3) is 11.0 Å². The Labute approximate surface area is 328 Å². The summed E-state index contributed by atoms with van der Waals surface area (Å²) < 4.78 is 72.3. The summed E-state index contributed by atoms with van der Waals surface area (Å²) in [5.41, 5.74) is 6.97. The minimum atomic E-state index is -5.26. The van der Waals surface area contributed by atoms with E-state index in [1.165, 1.54) is 27.9 Å². The van der Waals surface area contributed by atoms with Gasteiger partial charge in [-0.15, -0.1) is 0 Å². The molecule has 0 spiro atoms. The molecule has 2 unspecified atom stereocenters. The number of carbonyl (C=O) groups excluding carboxylic acids is 1. The highest BCUT2D eigenvalue weighted by Gasteiger charge is 2.40. The summed E-state index contributed by atoms with van der Waals surface area (Å²) in [6.07, 6.45) is 3.91. The highest BCUT2D eigenvalue weighted by molar-refractivity contribution is 8.77. The van der Waals surface area contributed by atoms with E-state index in [1.54, 1.807) is 32.4 Å². The number of nitrogens with one attached hydrogen (secondary N) is 1. The third kappa shape index (κ3) is 17.2. The highest BCUT2D eigenvalue weighted by atomic mass is 33.1. The molecule has 1 aliphatic rings. The van der Waals surface area contributed by atoms with Crippen molar-refractivity contribution in [2.45, 2.75) is 62.7 Å². The number of aliphatic hydroxyl groups excluding tert-OH is 1. The van der Waals surface area contributed by atoms with Gasteiger partial charge in [0, 0.05) is 30.6 Å². The number of anilines is 1. The molecule has 306 valence electrons. The highest BCUT2D eigenvalue weighted by Crippen LogP contribution is 2.58. The number of nitrogens with two attached hydrogens (primary N) is 1. The predicted molar refractivity (Wildman–Crippen MR) is 208 cm³/mol. The van der Waals surface area contributed by atoms with Crippen molar-refractivity contribution < 1.29 is 70.4 Å². The van der Waals surface area contributed by atoms with Crippen molar-refractivity contribution in [2.24, 2.45) is 0 Å². The fourth-order valence-electron chi connectivity index (χ4n) is 4.55. The first kappa shape index (κ1) is 47.3. The number of unbranched alkanes of at least 4 members (excludes halogenated alkanes) is 1. The van der Waals surface area contributed by atoms with Gasteiger partial charge < -0.3 is 54.4 Å². The van der Waals surface area contributed by atoms with Crippen LogP contribution in [0.1, 0.15) is 51.3 Å². The van der Waals surface area contributed by atoms with Crippen LogP contribution in [-0.4, -0.2) is 108 Å². The first-order chi connectivity index (χ1) is 25.5. The van der Waals surface area contributed by atoms with Gasteiger partial charge in [0.2, 0.25) is 0 Å². The van der Waals surface area contributed by atoms with Crippen LogP contribution >= 0.6 is 67.1 Å². The van der Waals surface area contributed by atoms with Crippen molar-refractivity contribution in [1.29, 1.82) is 0 Å². The van der Waals surface area contributed by atoms with E-state index in [0.29, 0.717) is 48.4 Å². The van der Waals surface area contributed by atoms with Gasteiger partial charge in [-0.1, -0.05) is 55.0 Å². The van der Waals surface area contributed by atoms with Gasteiger partial charge in [0.15, 0.2) is 0 Å². The largest absolute Gasteiger partial charge is 0.479 e. The molecule has 3 heterocycles. The van der Waals surface area contributed by atoms with Crippen molar-refractivity contribution >= 4 is 90.0 Å². The van der Waals surface area contributed by atoms with Crippen LogP contribution < -0.4 is 11.1 Å². The van der Waals surface area contributed by atoms with E-state index in [-0.39, 0.29) is 42.7 Å². The standard InChI is InChI=1S/C27H44N5O15P3S4/c1-27(2,8-10-33)54-53-17-41-11-4-5-12-42-26(34)29-9-6-7-19-14-32(25-23(19)24(28)30-16-31-25)22-13-20(43-18-52-51-3)21(45-22)15-44-50(39,40)47-48(35)46-49(36,37)38/h14,16,20-22,33,48H,4-5,8-13,15,17-18H2,1-3H3,(H,29,34)(H,39,40)(H2,28,30,31)(H2,36,37,38)/t20-,21+,22+/m0/s1. The number of amides is 1. The molecule has 3 rings (SSSR count). The van der Waals surface area contributed by atoms with Gasteiger partial charge in [-0.25, -0.2) is 32.5 Å². The second-order valence-corrected chi connectivity index (χ2v) is 21.1. The monoisotopic (exact) mass is 899 g/mol. The average molecular weight is 900 g/mol. The molecule has 7 N–H and O–H groups in total. The van der Waals surface area contributed by atoms with Gasteiger partial charge in [0.1, 0.15) is 42.0 Å². The lowest BCUT2D eigenvalue weighted by Gasteiger charge is -2.21. The van der Waals surface area contributed by atoms with E-state index in [2.05, 4.69) is 49.6 Å². The number of phosphoric acid groups is 2.